The van der Waals surface area contributed by atoms with E-state index in [0.717, 1.165) is 0 Å². The van der Waals surface area contributed by atoms with Gasteiger partial charge in [0.1, 0.15) is 5.25 Å². The Morgan fingerprint density at radius 1 is 0.615 bits per heavy atom. The maximum Gasteiger partial charge on any atom is 1.00 e. The summed E-state index contributed by atoms with van der Waals surface area (Å²) in [7, 11) is -4.58. The number of carboxylic acid groups (broad SMARTS) is 2. The first-order valence-corrected chi connectivity index (χ1v) is 18.1. The zero-order valence-corrected chi connectivity index (χ0v) is 31.6. The topological polar surface area (TPSA) is 135 Å². The molecule has 0 saturated carbocycles. The SMILES string of the molecule is CCCCCCCCP(CCCCCCCC)CCCCCCCC.O=C([O-])CC(C(=O)[O-])S(=O)(=O)O.[Na+].[Na+]. The van der Waals surface area contributed by atoms with Gasteiger partial charge in [0.05, 0.1) is 5.97 Å². The number of rotatable bonds is 25. The Morgan fingerprint density at radius 2 is 0.897 bits per heavy atom. The van der Waals surface area contributed by atoms with Gasteiger partial charge in [-0.3, -0.25) is 4.55 Å². The minimum atomic E-state index is -4.94. The first kappa shape index (κ1) is 47.2. The molecule has 0 radical (unpaired) electrons. The summed E-state index contributed by atoms with van der Waals surface area (Å²) in [4.78, 5) is 19.7. The Hall–Kier alpha value is 1.28. The van der Waals surface area contributed by atoms with E-state index in [2.05, 4.69) is 20.8 Å². The number of hydrogen-bond donors (Lipinski definition) is 1. The standard InChI is InChI=1S/C24H51P.C4H6O7S.2Na/c1-4-7-10-13-16-19-22-25(23-20-17-14-11-8-5-2)24-21-18-15-12-9-6-3;5-3(6)1-2(4(7)8)12(9,10)11;;/h4-24H2,1-3H3;2H,1H2,(H,5,6)(H,7,8)(H,9,10,11);;/q;;2*+1/p-2. The molecule has 0 saturated heterocycles. The first-order chi connectivity index (χ1) is 17.6. The van der Waals surface area contributed by atoms with Crippen LogP contribution in [0.5, 0.6) is 0 Å². The molecule has 7 nitrogen and oxygen atoms in total. The van der Waals surface area contributed by atoms with Crippen molar-refractivity contribution in [3.8, 4) is 0 Å². The molecular formula is C28H55Na2O7PS. The Kier molecular flexibility index (Phi) is 40.9. The van der Waals surface area contributed by atoms with Gasteiger partial charge in [-0.05, 0) is 37.7 Å². The van der Waals surface area contributed by atoms with Crippen molar-refractivity contribution >= 4 is 30.0 Å². The van der Waals surface area contributed by atoms with E-state index in [1.54, 1.807) is 18.5 Å². The second kappa shape index (κ2) is 33.8. The van der Waals surface area contributed by atoms with Crippen molar-refractivity contribution in [3.05, 3.63) is 0 Å². The van der Waals surface area contributed by atoms with Crippen LogP contribution < -0.4 is 69.3 Å². The second-order valence-corrected chi connectivity index (χ2v) is 14.3. The number of carbonyl (C=O) groups is 2. The Labute approximate surface area is 285 Å². The minimum absolute atomic E-state index is 0. The van der Waals surface area contributed by atoms with Gasteiger partial charge in [0.2, 0.25) is 0 Å². The Bertz CT molecular complexity index is 614. The summed E-state index contributed by atoms with van der Waals surface area (Å²) >= 11 is 0. The van der Waals surface area contributed by atoms with Crippen LogP contribution in [-0.4, -0.2) is 48.6 Å². The van der Waals surface area contributed by atoms with Crippen LogP contribution in [0.25, 0.3) is 0 Å². The summed E-state index contributed by atoms with van der Waals surface area (Å²) in [5, 5.41) is 17.3. The number of carboxylic acids is 2. The Balaban J connectivity index is -0.000000371. The summed E-state index contributed by atoms with van der Waals surface area (Å²) in [6.07, 6.45) is 29.9. The third-order valence-electron chi connectivity index (χ3n) is 6.46. The smallest absolute Gasteiger partial charge is 0.550 e. The summed E-state index contributed by atoms with van der Waals surface area (Å²) in [5.74, 6) is -4.08. The van der Waals surface area contributed by atoms with Gasteiger partial charge in [-0.2, -0.15) is 8.42 Å². The van der Waals surface area contributed by atoms with E-state index < -0.39 is 33.7 Å². The van der Waals surface area contributed by atoms with Crippen LogP contribution in [0.1, 0.15) is 143 Å². The minimum Gasteiger partial charge on any atom is -0.550 e. The average Bonchev–Trinajstić information content (AvgIpc) is 2.83. The van der Waals surface area contributed by atoms with E-state index in [0.29, 0.717) is 7.92 Å². The van der Waals surface area contributed by atoms with Crippen molar-refractivity contribution in [1.82, 2.24) is 0 Å². The van der Waals surface area contributed by atoms with E-state index >= 15 is 0 Å². The zero-order valence-electron chi connectivity index (χ0n) is 25.9. The predicted octanol–water partition coefficient (Wildman–Crippen LogP) is -0.309. The molecule has 0 aliphatic carbocycles. The molecule has 1 atom stereocenters. The molecule has 1 unspecified atom stereocenters. The largest absolute Gasteiger partial charge is 1.00 e. The van der Waals surface area contributed by atoms with Crippen LogP contribution in [0, 0.1) is 0 Å². The summed E-state index contributed by atoms with van der Waals surface area (Å²) < 4.78 is 28.5. The normalized spacial score (nSPS) is 11.6. The number of unbranched alkanes of at least 4 members (excludes halogenated alkanes) is 15. The molecule has 11 heteroatoms. The van der Waals surface area contributed by atoms with E-state index in [9.17, 15) is 28.2 Å². The number of aliphatic carboxylic acids is 2. The third-order valence-corrected chi connectivity index (χ3v) is 10.4. The second-order valence-electron chi connectivity index (χ2n) is 10.0. The fourth-order valence-corrected chi connectivity index (χ4v) is 7.42. The third kappa shape index (κ3) is 35.4. The van der Waals surface area contributed by atoms with Crippen molar-refractivity contribution in [2.75, 3.05) is 18.5 Å². The van der Waals surface area contributed by atoms with Gasteiger partial charge in [-0.25, -0.2) is 0 Å². The van der Waals surface area contributed by atoms with Gasteiger partial charge in [0, 0.05) is 12.4 Å². The molecule has 222 valence electrons. The molecule has 0 bridgehead atoms. The molecule has 0 spiro atoms. The predicted molar refractivity (Wildman–Crippen MR) is 152 cm³/mol. The maximum absolute atomic E-state index is 10.2. The molecule has 0 aromatic heterocycles. The van der Waals surface area contributed by atoms with Crippen LogP contribution in [0.4, 0.5) is 0 Å². The molecule has 0 aliphatic rings. The van der Waals surface area contributed by atoms with Gasteiger partial charge in [-0.1, -0.05) is 117 Å². The monoisotopic (exact) mass is 612 g/mol. The van der Waals surface area contributed by atoms with Crippen molar-refractivity contribution in [1.29, 1.82) is 0 Å². The number of hydrogen-bond acceptors (Lipinski definition) is 6. The Morgan fingerprint density at radius 3 is 1.10 bits per heavy atom. The van der Waals surface area contributed by atoms with Crippen LogP contribution in [0.3, 0.4) is 0 Å². The molecule has 0 amide bonds. The van der Waals surface area contributed by atoms with Gasteiger partial charge >= 0.3 is 59.1 Å². The fourth-order valence-electron chi connectivity index (χ4n) is 4.14. The van der Waals surface area contributed by atoms with Crippen molar-refractivity contribution in [2.45, 2.75) is 148 Å². The fraction of sp³-hybridized carbons (Fsp3) is 0.929. The van der Waals surface area contributed by atoms with E-state index in [-0.39, 0.29) is 59.1 Å². The molecule has 1 N–H and O–H groups in total. The quantitative estimate of drug-likeness (QED) is 0.0647. The van der Waals surface area contributed by atoms with E-state index in [1.165, 1.54) is 116 Å². The van der Waals surface area contributed by atoms with Crippen LogP contribution in [0.2, 0.25) is 0 Å². The van der Waals surface area contributed by atoms with Crippen LogP contribution in [0.15, 0.2) is 0 Å². The molecule has 39 heavy (non-hydrogen) atoms. The van der Waals surface area contributed by atoms with Gasteiger partial charge in [0.25, 0.3) is 10.1 Å². The molecule has 0 aliphatic heterocycles. The first-order valence-electron chi connectivity index (χ1n) is 14.7. The summed E-state index contributed by atoms with van der Waals surface area (Å²) in [6.45, 7) is 6.96. The van der Waals surface area contributed by atoms with Gasteiger partial charge < -0.3 is 19.8 Å². The molecule has 0 aromatic rings. The van der Waals surface area contributed by atoms with E-state index in [4.69, 9.17) is 4.55 Å². The maximum atomic E-state index is 10.2. The molecule has 0 rings (SSSR count). The molecule has 0 fully saturated rings. The van der Waals surface area contributed by atoms with Crippen molar-refractivity contribution in [2.24, 2.45) is 0 Å². The van der Waals surface area contributed by atoms with Gasteiger partial charge in [0.15, 0.2) is 0 Å². The molecule has 0 aromatic carbocycles. The molecule has 0 heterocycles. The van der Waals surface area contributed by atoms with Crippen molar-refractivity contribution < 1.29 is 91.9 Å². The summed E-state index contributed by atoms with van der Waals surface area (Å²) in [5.41, 5.74) is 0. The zero-order chi connectivity index (χ0) is 28.4. The average molecular weight is 613 g/mol. The van der Waals surface area contributed by atoms with Gasteiger partial charge in [-0.15, -0.1) is 7.92 Å². The summed E-state index contributed by atoms with van der Waals surface area (Å²) in [6, 6.07) is 0. The van der Waals surface area contributed by atoms with Crippen molar-refractivity contribution in [3.63, 3.8) is 0 Å². The number of carbonyl (C=O) groups excluding carboxylic acids is 2. The molecular weight excluding hydrogens is 557 g/mol. The van der Waals surface area contributed by atoms with Crippen LogP contribution in [-0.2, 0) is 19.7 Å². The van der Waals surface area contributed by atoms with E-state index in [1.807, 2.05) is 0 Å². The van der Waals surface area contributed by atoms with Crippen LogP contribution >= 0.6 is 7.92 Å².